The minimum Gasteiger partial charge on any atom is -0.371 e. The Labute approximate surface area is 183 Å². The molecule has 0 fully saturated rings. The number of aryl methyl sites for hydroxylation is 1. The summed E-state index contributed by atoms with van der Waals surface area (Å²) in [5.41, 5.74) is 3.24. The maximum atomic E-state index is 12.6. The molecule has 0 radical (unpaired) electrons. The van der Waals surface area contributed by atoms with Gasteiger partial charge in [-0.05, 0) is 43.0 Å². The van der Waals surface area contributed by atoms with Gasteiger partial charge in [0.2, 0.25) is 5.91 Å². The van der Waals surface area contributed by atoms with E-state index in [-0.39, 0.29) is 17.4 Å². The molecule has 0 saturated heterocycles. The normalized spacial score (nSPS) is 15.7. The van der Waals surface area contributed by atoms with Crippen LogP contribution in [0.15, 0.2) is 42.5 Å². The van der Waals surface area contributed by atoms with Crippen LogP contribution in [-0.4, -0.2) is 38.6 Å². The van der Waals surface area contributed by atoms with Gasteiger partial charge in [-0.25, -0.2) is 8.42 Å². The summed E-state index contributed by atoms with van der Waals surface area (Å²) < 4.78 is 25.3. The zero-order valence-electron chi connectivity index (χ0n) is 18.1. The number of benzene rings is 2. The van der Waals surface area contributed by atoms with E-state index in [1.807, 2.05) is 19.1 Å². The molecular weight excluding hydrogens is 414 g/mol. The molecule has 7 nitrogen and oxygen atoms in total. The molecule has 3 N–H and O–H groups in total. The maximum absolute atomic E-state index is 12.6. The molecule has 0 aromatic heterocycles. The monoisotopic (exact) mass is 443 g/mol. The van der Waals surface area contributed by atoms with Gasteiger partial charge in [0.25, 0.3) is 5.91 Å². The predicted octanol–water partition coefficient (Wildman–Crippen LogP) is 3.12. The van der Waals surface area contributed by atoms with Crippen molar-refractivity contribution in [1.82, 2.24) is 5.32 Å². The SMILES string of the molecule is Cc1ccc(CS(=O)(=O)CC2Nc3ccc(C(=O)NCCC(C)C)cc3NC2=O)cc1. The van der Waals surface area contributed by atoms with Crippen molar-refractivity contribution in [3.63, 3.8) is 0 Å². The van der Waals surface area contributed by atoms with Gasteiger partial charge in [0, 0.05) is 12.1 Å². The number of carbonyl (C=O) groups is 2. The second-order valence-corrected chi connectivity index (χ2v) is 10.5. The minimum atomic E-state index is -3.51. The highest BCUT2D eigenvalue weighted by Crippen LogP contribution is 2.28. The number of fused-ring (bicyclic) bond motifs is 1. The molecule has 2 aromatic carbocycles. The van der Waals surface area contributed by atoms with Crippen LogP contribution in [0.1, 0.15) is 41.8 Å². The van der Waals surface area contributed by atoms with E-state index in [0.29, 0.717) is 35.0 Å². The molecule has 0 aliphatic carbocycles. The standard InChI is InChI=1S/C23H29N3O4S/c1-15(2)10-11-24-22(27)18-8-9-19-20(12-18)26-23(28)21(25-19)14-31(29,30)13-17-6-4-16(3)5-7-17/h4-9,12,15,21,25H,10-11,13-14H2,1-3H3,(H,24,27)(H,26,28). The number of hydrogen-bond donors (Lipinski definition) is 3. The van der Waals surface area contributed by atoms with E-state index in [1.54, 1.807) is 30.3 Å². The van der Waals surface area contributed by atoms with Gasteiger partial charge < -0.3 is 16.0 Å². The van der Waals surface area contributed by atoms with Gasteiger partial charge in [0.1, 0.15) is 6.04 Å². The van der Waals surface area contributed by atoms with Crippen molar-refractivity contribution in [1.29, 1.82) is 0 Å². The lowest BCUT2D eigenvalue weighted by molar-refractivity contribution is -0.116. The molecule has 1 heterocycles. The van der Waals surface area contributed by atoms with Crippen molar-refractivity contribution < 1.29 is 18.0 Å². The predicted molar refractivity (Wildman–Crippen MR) is 123 cm³/mol. The van der Waals surface area contributed by atoms with Gasteiger partial charge in [-0.2, -0.15) is 0 Å². The average Bonchev–Trinajstić information content (AvgIpc) is 2.69. The number of rotatable bonds is 8. The molecule has 1 aliphatic rings. The fraction of sp³-hybridized carbons (Fsp3) is 0.391. The summed E-state index contributed by atoms with van der Waals surface area (Å²) in [5, 5.41) is 8.59. The van der Waals surface area contributed by atoms with E-state index < -0.39 is 21.8 Å². The molecule has 1 aliphatic heterocycles. The maximum Gasteiger partial charge on any atom is 0.251 e. The van der Waals surface area contributed by atoms with Gasteiger partial charge in [-0.15, -0.1) is 0 Å². The Bertz CT molecular complexity index is 1060. The van der Waals surface area contributed by atoms with Gasteiger partial charge in [0.05, 0.1) is 22.9 Å². The molecule has 166 valence electrons. The molecule has 2 amide bonds. The summed E-state index contributed by atoms with van der Waals surface area (Å²) in [6.45, 7) is 6.69. The number of hydrogen-bond acceptors (Lipinski definition) is 5. The van der Waals surface area contributed by atoms with Crippen molar-refractivity contribution in [3.05, 3.63) is 59.2 Å². The number of anilines is 2. The molecule has 3 rings (SSSR count). The van der Waals surface area contributed by atoms with Crippen LogP contribution in [0.5, 0.6) is 0 Å². The lowest BCUT2D eigenvalue weighted by atomic mass is 10.1. The third-order valence-corrected chi connectivity index (χ3v) is 6.74. The van der Waals surface area contributed by atoms with Crippen LogP contribution in [0, 0.1) is 12.8 Å². The number of amides is 2. The highest BCUT2D eigenvalue weighted by molar-refractivity contribution is 7.90. The summed E-state index contributed by atoms with van der Waals surface area (Å²) in [5.74, 6) is -0.589. The summed E-state index contributed by atoms with van der Waals surface area (Å²) in [7, 11) is -3.51. The molecule has 0 saturated carbocycles. The summed E-state index contributed by atoms with van der Waals surface area (Å²) in [6.07, 6.45) is 0.883. The van der Waals surface area contributed by atoms with Crippen molar-refractivity contribution in [2.24, 2.45) is 5.92 Å². The molecule has 1 atom stereocenters. The van der Waals surface area contributed by atoms with Crippen molar-refractivity contribution in [3.8, 4) is 0 Å². The zero-order chi connectivity index (χ0) is 22.6. The minimum absolute atomic E-state index is 0.124. The Balaban J connectivity index is 1.65. The zero-order valence-corrected chi connectivity index (χ0v) is 18.9. The Hall–Kier alpha value is -2.87. The van der Waals surface area contributed by atoms with E-state index in [4.69, 9.17) is 0 Å². The Morgan fingerprint density at radius 1 is 1.10 bits per heavy atom. The Kier molecular flexibility index (Phi) is 7.00. The fourth-order valence-electron chi connectivity index (χ4n) is 3.33. The van der Waals surface area contributed by atoms with Crippen LogP contribution < -0.4 is 16.0 Å². The van der Waals surface area contributed by atoms with Crippen LogP contribution in [-0.2, 0) is 20.4 Å². The second-order valence-electron chi connectivity index (χ2n) is 8.43. The summed E-state index contributed by atoms with van der Waals surface area (Å²) in [6, 6.07) is 11.3. The van der Waals surface area contributed by atoms with Crippen molar-refractivity contribution in [2.75, 3.05) is 22.9 Å². The Morgan fingerprint density at radius 2 is 1.81 bits per heavy atom. The molecular formula is C23H29N3O4S. The number of carbonyl (C=O) groups excluding carboxylic acids is 2. The fourth-order valence-corrected chi connectivity index (χ4v) is 4.89. The summed E-state index contributed by atoms with van der Waals surface area (Å²) in [4.78, 5) is 24.8. The van der Waals surface area contributed by atoms with Crippen molar-refractivity contribution >= 4 is 33.0 Å². The molecule has 0 bridgehead atoms. The van der Waals surface area contributed by atoms with Crippen LogP contribution >= 0.6 is 0 Å². The number of sulfone groups is 1. The third kappa shape index (κ3) is 6.30. The van der Waals surface area contributed by atoms with Crippen LogP contribution in [0.25, 0.3) is 0 Å². The molecule has 2 aromatic rings. The van der Waals surface area contributed by atoms with Crippen LogP contribution in [0.2, 0.25) is 0 Å². The van der Waals surface area contributed by atoms with Crippen molar-refractivity contribution in [2.45, 2.75) is 39.0 Å². The van der Waals surface area contributed by atoms with E-state index in [0.717, 1.165) is 12.0 Å². The van der Waals surface area contributed by atoms with E-state index in [1.165, 1.54) is 0 Å². The Morgan fingerprint density at radius 3 is 2.48 bits per heavy atom. The van der Waals surface area contributed by atoms with Crippen LogP contribution in [0.3, 0.4) is 0 Å². The number of nitrogens with one attached hydrogen (secondary N) is 3. The van der Waals surface area contributed by atoms with Crippen LogP contribution in [0.4, 0.5) is 11.4 Å². The lowest BCUT2D eigenvalue weighted by Gasteiger charge is -2.27. The van der Waals surface area contributed by atoms with Gasteiger partial charge in [-0.1, -0.05) is 43.7 Å². The largest absolute Gasteiger partial charge is 0.371 e. The van der Waals surface area contributed by atoms with E-state index >= 15 is 0 Å². The van der Waals surface area contributed by atoms with Gasteiger partial charge >= 0.3 is 0 Å². The highest BCUT2D eigenvalue weighted by Gasteiger charge is 2.30. The van der Waals surface area contributed by atoms with Gasteiger partial charge in [-0.3, -0.25) is 9.59 Å². The smallest absolute Gasteiger partial charge is 0.251 e. The first-order chi connectivity index (χ1) is 14.6. The molecule has 1 unspecified atom stereocenters. The topological polar surface area (TPSA) is 104 Å². The van der Waals surface area contributed by atoms with E-state index in [9.17, 15) is 18.0 Å². The quantitative estimate of drug-likeness (QED) is 0.582. The first-order valence-electron chi connectivity index (χ1n) is 10.4. The molecule has 0 spiro atoms. The highest BCUT2D eigenvalue weighted by atomic mass is 32.2. The lowest BCUT2D eigenvalue weighted by Crippen LogP contribution is -2.43. The first-order valence-corrected chi connectivity index (χ1v) is 12.2. The molecule has 31 heavy (non-hydrogen) atoms. The summed E-state index contributed by atoms with van der Waals surface area (Å²) >= 11 is 0. The molecule has 8 heteroatoms. The second kappa shape index (κ2) is 9.51. The average molecular weight is 444 g/mol. The van der Waals surface area contributed by atoms with E-state index in [2.05, 4.69) is 29.8 Å². The first kappa shape index (κ1) is 22.8. The van der Waals surface area contributed by atoms with Gasteiger partial charge in [0.15, 0.2) is 9.84 Å². The third-order valence-electron chi connectivity index (χ3n) is 5.12.